The fourth-order valence-corrected chi connectivity index (χ4v) is 4.81. The number of esters is 1. The number of ether oxygens (including phenoxy) is 2. The van der Waals surface area contributed by atoms with Crippen molar-refractivity contribution in [3.63, 3.8) is 0 Å². The van der Waals surface area contributed by atoms with Crippen LogP contribution in [0.5, 0.6) is 0 Å². The van der Waals surface area contributed by atoms with Crippen LogP contribution < -0.4 is 5.73 Å². The van der Waals surface area contributed by atoms with Gasteiger partial charge in [-0.1, -0.05) is 0 Å². The Hall–Kier alpha value is -1.90. The van der Waals surface area contributed by atoms with Gasteiger partial charge in [-0.25, -0.2) is 19.8 Å². The van der Waals surface area contributed by atoms with Crippen molar-refractivity contribution < 1.29 is 38.1 Å². The third-order valence-corrected chi connectivity index (χ3v) is 6.13. The maximum absolute atomic E-state index is 12.3. The maximum atomic E-state index is 12.3. The first kappa shape index (κ1) is 21.3. The molecule has 0 amide bonds. The summed E-state index contributed by atoms with van der Waals surface area (Å²) in [6.45, 7) is -0.105. The number of carbonyl (C=O) groups excluding carboxylic acids is 1. The molecule has 2 aromatic rings. The molecule has 2 fully saturated rings. The molecule has 0 spiro atoms. The van der Waals surface area contributed by atoms with Crippen molar-refractivity contribution in [2.24, 2.45) is 0 Å². The lowest BCUT2D eigenvalue weighted by atomic mass is 10.1. The van der Waals surface area contributed by atoms with Crippen molar-refractivity contribution in [3.8, 4) is 0 Å². The lowest BCUT2D eigenvalue weighted by Crippen LogP contribution is -2.42. The third kappa shape index (κ3) is 4.00. The average molecular weight is 503 g/mol. The molecular weight excluding hydrogens is 488 g/mol. The second-order valence-corrected chi connectivity index (χ2v) is 8.83. The fourth-order valence-electron chi connectivity index (χ4n) is 3.23. The van der Waals surface area contributed by atoms with Crippen LogP contribution in [0.2, 0.25) is 0 Å². The molecule has 30 heavy (non-hydrogen) atoms. The Kier molecular flexibility index (Phi) is 5.68. The SMILES string of the molecule is [B][P+]1(O)OC[C@H]2O[C@@H](n3c(Br)nc4c(N)ncnc43)C(OC(=O)CCC(=O)O)[C@@H]2O1. The smallest absolute Gasteiger partial charge is 0.481 e. The Balaban J connectivity index is 1.70. The molecule has 2 saturated heterocycles. The van der Waals surface area contributed by atoms with Crippen LogP contribution in [0.1, 0.15) is 19.1 Å². The van der Waals surface area contributed by atoms with Crippen LogP contribution >= 0.6 is 23.8 Å². The highest BCUT2D eigenvalue weighted by atomic mass is 79.9. The summed E-state index contributed by atoms with van der Waals surface area (Å²) >= 11 is 3.31. The minimum absolute atomic E-state index is 0.105. The van der Waals surface area contributed by atoms with Crippen molar-refractivity contribution in [2.45, 2.75) is 37.4 Å². The molecule has 0 bridgehead atoms. The average Bonchev–Trinajstić information content (AvgIpc) is 3.17. The van der Waals surface area contributed by atoms with Gasteiger partial charge in [-0.3, -0.25) is 14.2 Å². The molecule has 0 saturated carbocycles. The number of nitrogens with zero attached hydrogens (tertiary/aromatic N) is 4. The summed E-state index contributed by atoms with van der Waals surface area (Å²) in [6, 6.07) is 0. The number of nitrogen functional groups attached to an aromatic ring is 1. The first-order valence-corrected chi connectivity index (χ1v) is 11.0. The highest BCUT2D eigenvalue weighted by Crippen LogP contribution is 2.59. The number of carbonyl (C=O) groups is 2. The Bertz CT molecular complexity index is 1010. The van der Waals surface area contributed by atoms with E-state index in [4.69, 9.17) is 36.9 Å². The van der Waals surface area contributed by atoms with Crippen LogP contribution in [-0.4, -0.2) is 73.9 Å². The summed E-state index contributed by atoms with van der Waals surface area (Å²) < 4.78 is 23.8. The van der Waals surface area contributed by atoms with E-state index in [-0.39, 0.29) is 23.6 Å². The van der Waals surface area contributed by atoms with Crippen molar-refractivity contribution in [1.29, 1.82) is 0 Å². The third-order valence-electron chi connectivity index (χ3n) is 4.51. The Morgan fingerprint density at radius 2 is 2.20 bits per heavy atom. The van der Waals surface area contributed by atoms with Crippen LogP contribution in [0.15, 0.2) is 11.1 Å². The highest BCUT2D eigenvalue weighted by Gasteiger charge is 2.59. The predicted octanol–water partition coefficient (Wildman–Crippen LogP) is 0.0988. The van der Waals surface area contributed by atoms with Crippen LogP contribution in [-0.2, 0) is 28.1 Å². The van der Waals surface area contributed by atoms with E-state index in [9.17, 15) is 14.5 Å². The first-order valence-electron chi connectivity index (χ1n) is 8.60. The number of aliphatic carboxylic acids is 1. The van der Waals surface area contributed by atoms with Crippen LogP contribution in [0.25, 0.3) is 11.2 Å². The van der Waals surface area contributed by atoms with Crippen LogP contribution in [0.3, 0.4) is 0 Å². The van der Waals surface area contributed by atoms with Gasteiger partial charge in [-0.15, -0.1) is 0 Å². The molecule has 4 N–H and O–H groups in total. The number of rotatable bonds is 5. The number of carboxylic acids is 1. The zero-order chi connectivity index (χ0) is 21.6. The number of hydrogen-bond donors (Lipinski definition) is 3. The van der Waals surface area contributed by atoms with Gasteiger partial charge < -0.3 is 20.3 Å². The van der Waals surface area contributed by atoms with Crippen LogP contribution in [0, 0.1) is 0 Å². The molecule has 2 aliphatic heterocycles. The number of nitrogens with two attached hydrogens (primary N) is 1. The van der Waals surface area contributed by atoms with E-state index in [1.54, 1.807) is 0 Å². The van der Waals surface area contributed by atoms with E-state index in [1.807, 2.05) is 0 Å². The zero-order valence-electron chi connectivity index (χ0n) is 15.1. The lowest BCUT2D eigenvalue weighted by molar-refractivity contribution is -0.159. The summed E-state index contributed by atoms with van der Waals surface area (Å²) in [5, 5.41) is 8.80. The number of halogens is 1. The topological polar surface area (TPSA) is 181 Å². The Morgan fingerprint density at radius 1 is 1.43 bits per heavy atom. The summed E-state index contributed by atoms with van der Waals surface area (Å²) in [5.41, 5.74) is 6.44. The minimum atomic E-state index is -3.64. The minimum Gasteiger partial charge on any atom is -0.481 e. The summed E-state index contributed by atoms with van der Waals surface area (Å²) in [4.78, 5) is 45.4. The first-order chi connectivity index (χ1) is 14.2. The number of imidazole rings is 1. The molecule has 4 heterocycles. The summed E-state index contributed by atoms with van der Waals surface area (Å²) in [7, 11) is 1.98. The standard InChI is InChI=1S/C14H15BBrN5O8P/c15-30(25)26-3-5-9(29-30)10(28-7(24)2-1-6(22)23)13(27-5)21-12-8(20-14(21)16)11(17)18-4-19-12/h4-5,9-10,13,25H,1-3H2,(H,22,23)(H2,17,18,19)/q+1/t5-,9-,10?,13-,30?/m1/s1. The molecule has 2 unspecified atom stereocenters. The van der Waals surface area contributed by atoms with E-state index in [2.05, 4.69) is 30.9 Å². The number of anilines is 1. The van der Waals surface area contributed by atoms with E-state index in [0.29, 0.717) is 11.2 Å². The molecule has 2 aliphatic rings. The van der Waals surface area contributed by atoms with Gasteiger partial charge in [-0.05, 0) is 15.9 Å². The van der Waals surface area contributed by atoms with E-state index >= 15 is 0 Å². The van der Waals surface area contributed by atoms with Gasteiger partial charge in [-0.2, -0.15) is 9.05 Å². The molecule has 13 nitrogen and oxygen atoms in total. The monoisotopic (exact) mass is 502 g/mol. The maximum Gasteiger partial charge on any atom is 0.488 e. The van der Waals surface area contributed by atoms with Gasteiger partial charge in [0, 0.05) is 0 Å². The molecule has 0 aliphatic carbocycles. The molecule has 2 aromatic heterocycles. The van der Waals surface area contributed by atoms with Crippen molar-refractivity contribution in [2.75, 3.05) is 12.3 Å². The van der Waals surface area contributed by atoms with E-state index in [1.165, 1.54) is 10.9 Å². The zero-order valence-corrected chi connectivity index (χ0v) is 17.6. The van der Waals surface area contributed by atoms with Gasteiger partial charge in [0.1, 0.15) is 19.0 Å². The highest BCUT2D eigenvalue weighted by molar-refractivity contribution is 9.10. The summed E-state index contributed by atoms with van der Waals surface area (Å²) in [5.74, 6) is -1.81. The van der Waals surface area contributed by atoms with Gasteiger partial charge in [0.15, 0.2) is 40.2 Å². The van der Waals surface area contributed by atoms with Gasteiger partial charge in [0.05, 0.1) is 12.8 Å². The van der Waals surface area contributed by atoms with Gasteiger partial charge >= 0.3 is 27.3 Å². The fraction of sp³-hybridized carbons (Fsp3) is 0.500. The number of hydrogen-bond acceptors (Lipinski definition) is 11. The molecule has 2 radical (unpaired) electrons. The number of carboxylic acid groups (broad SMARTS) is 1. The van der Waals surface area contributed by atoms with E-state index in [0.717, 1.165) is 0 Å². The Labute approximate surface area is 178 Å². The number of fused-ring (bicyclic) bond motifs is 2. The largest absolute Gasteiger partial charge is 0.488 e. The second-order valence-electron chi connectivity index (χ2n) is 6.53. The Morgan fingerprint density at radius 3 is 2.93 bits per heavy atom. The van der Waals surface area contributed by atoms with Crippen molar-refractivity contribution >= 4 is 60.2 Å². The van der Waals surface area contributed by atoms with E-state index < -0.39 is 50.7 Å². The summed E-state index contributed by atoms with van der Waals surface area (Å²) in [6.07, 6.45) is -3.37. The molecule has 4 rings (SSSR count). The molecule has 0 aromatic carbocycles. The molecular formula is C14H15BBrN5O8P+. The van der Waals surface area contributed by atoms with Crippen molar-refractivity contribution in [1.82, 2.24) is 19.5 Å². The molecule has 5 atom stereocenters. The molecule has 158 valence electrons. The lowest BCUT2D eigenvalue weighted by Gasteiger charge is -2.29. The van der Waals surface area contributed by atoms with Gasteiger partial charge in [0.25, 0.3) is 0 Å². The van der Waals surface area contributed by atoms with Gasteiger partial charge in [0.2, 0.25) is 0 Å². The number of aromatic nitrogens is 4. The quantitative estimate of drug-likeness (QED) is 0.217. The molecule has 16 heteroatoms. The van der Waals surface area contributed by atoms with Crippen molar-refractivity contribution in [3.05, 3.63) is 11.1 Å². The van der Waals surface area contributed by atoms with Crippen LogP contribution in [0.4, 0.5) is 5.82 Å². The second kappa shape index (κ2) is 7.98. The predicted molar refractivity (Wildman–Crippen MR) is 104 cm³/mol. The normalized spacial score (nSPS) is 30.9.